The van der Waals surface area contributed by atoms with Gasteiger partial charge in [-0.15, -0.1) is 0 Å². The van der Waals surface area contributed by atoms with E-state index in [2.05, 4.69) is 48.3 Å². The van der Waals surface area contributed by atoms with Gasteiger partial charge in [0, 0.05) is 24.8 Å². The maximum absolute atomic E-state index is 3.59. The summed E-state index contributed by atoms with van der Waals surface area (Å²) < 4.78 is 0. The zero-order valence-electron chi connectivity index (χ0n) is 11.5. The first-order chi connectivity index (χ1) is 8.74. The van der Waals surface area contributed by atoms with Crippen molar-refractivity contribution < 1.29 is 0 Å². The Morgan fingerprint density at radius 1 is 1.28 bits per heavy atom. The highest BCUT2D eigenvalue weighted by atomic mass is 15.2. The van der Waals surface area contributed by atoms with Crippen LogP contribution in [0.1, 0.15) is 25.8 Å². The number of likely N-dealkylation sites (tertiary alicyclic amines) is 1. The Morgan fingerprint density at radius 3 is 2.89 bits per heavy atom. The number of hydrogen-bond acceptors (Lipinski definition) is 2. The van der Waals surface area contributed by atoms with Crippen LogP contribution in [-0.4, -0.2) is 30.6 Å². The standard InChI is InChI=1S/C16H24N2/c1-12(2)14-7-8-18(11-14)15-9-13-5-3-4-6-16(13)17-10-15/h3-6,12,14-15,17H,7-11H2,1-2H3. The number of nitrogens with one attached hydrogen (secondary N) is 1. The fourth-order valence-electron chi connectivity index (χ4n) is 3.37. The molecule has 2 unspecified atom stereocenters. The predicted octanol–water partition coefficient (Wildman–Crippen LogP) is 3.00. The summed E-state index contributed by atoms with van der Waals surface area (Å²) in [6.07, 6.45) is 2.60. The highest BCUT2D eigenvalue weighted by molar-refractivity contribution is 5.53. The van der Waals surface area contributed by atoms with Crippen molar-refractivity contribution in [2.45, 2.75) is 32.7 Å². The molecule has 0 amide bonds. The van der Waals surface area contributed by atoms with Crippen molar-refractivity contribution >= 4 is 5.69 Å². The molecule has 1 N–H and O–H groups in total. The minimum Gasteiger partial charge on any atom is -0.383 e. The van der Waals surface area contributed by atoms with Crippen LogP contribution < -0.4 is 5.32 Å². The number of nitrogens with zero attached hydrogens (tertiary/aromatic N) is 1. The van der Waals surface area contributed by atoms with Crippen molar-refractivity contribution in [3.63, 3.8) is 0 Å². The second-order valence-corrected chi connectivity index (χ2v) is 6.18. The molecule has 2 nitrogen and oxygen atoms in total. The normalized spacial score (nSPS) is 28.2. The zero-order valence-corrected chi connectivity index (χ0v) is 11.5. The van der Waals surface area contributed by atoms with Gasteiger partial charge in [-0.25, -0.2) is 0 Å². The molecule has 1 aromatic rings. The maximum atomic E-state index is 3.59. The first kappa shape index (κ1) is 12.0. The van der Waals surface area contributed by atoms with Gasteiger partial charge in [0.1, 0.15) is 0 Å². The van der Waals surface area contributed by atoms with Crippen molar-refractivity contribution in [3.05, 3.63) is 29.8 Å². The molecule has 0 spiro atoms. The number of benzene rings is 1. The first-order valence-electron chi connectivity index (χ1n) is 7.30. The molecular formula is C16H24N2. The molecule has 0 aromatic heterocycles. The quantitative estimate of drug-likeness (QED) is 0.860. The molecule has 1 saturated heterocycles. The van der Waals surface area contributed by atoms with Crippen LogP contribution in [0, 0.1) is 11.8 Å². The SMILES string of the molecule is CC(C)C1CCN(C2CNc3ccccc3C2)C1. The lowest BCUT2D eigenvalue weighted by molar-refractivity contribution is 0.229. The van der Waals surface area contributed by atoms with Gasteiger partial charge in [0.05, 0.1) is 0 Å². The summed E-state index contributed by atoms with van der Waals surface area (Å²) in [5.41, 5.74) is 2.83. The van der Waals surface area contributed by atoms with E-state index in [1.165, 1.54) is 37.2 Å². The summed E-state index contributed by atoms with van der Waals surface area (Å²) in [6.45, 7) is 8.43. The third-order valence-corrected chi connectivity index (χ3v) is 4.72. The molecular weight excluding hydrogens is 220 g/mol. The van der Waals surface area contributed by atoms with E-state index in [0.717, 1.165) is 18.4 Å². The van der Waals surface area contributed by atoms with Crippen LogP contribution in [0.4, 0.5) is 5.69 Å². The molecule has 2 aliphatic rings. The van der Waals surface area contributed by atoms with Crippen LogP contribution in [-0.2, 0) is 6.42 Å². The Labute approximate surface area is 110 Å². The molecule has 2 atom stereocenters. The second kappa shape index (κ2) is 4.93. The summed E-state index contributed by atoms with van der Waals surface area (Å²) in [6, 6.07) is 9.45. The fourth-order valence-corrected chi connectivity index (χ4v) is 3.37. The number of rotatable bonds is 2. The third kappa shape index (κ3) is 2.26. The molecule has 2 heteroatoms. The highest BCUT2D eigenvalue weighted by Gasteiger charge is 2.31. The van der Waals surface area contributed by atoms with Crippen molar-refractivity contribution in [3.8, 4) is 0 Å². The minimum atomic E-state index is 0.698. The molecule has 0 saturated carbocycles. The fraction of sp³-hybridized carbons (Fsp3) is 0.625. The van der Waals surface area contributed by atoms with Crippen LogP contribution in [0.3, 0.4) is 0 Å². The van der Waals surface area contributed by atoms with Crippen molar-refractivity contribution in [2.75, 3.05) is 25.0 Å². The molecule has 0 radical (unpaired) electrons. The van der Waals surface area contributed by atoms with E-state index < -0.39 is 0 Å². The van der Waals surface area contributed by atoms with Gasteiger partial charge in [-0.1, -0.05) is 32.0 Å². The van der Waals surface area contributed by atoms with Crippen LogP contribution in [0.25, 0.3) is 0 Å². The van der Waals surface area contributed by atoms with Crippen LogP contribution in [0.5, 0.6) is 0 Å². The smallest absolute Gasteiger partial charge is 0.0373 e. The third-order valence-electron chi connectivity index (χ3n) is 4.72. The molecule has 2 aliphatic heterocycles. The Kier molecular flexibility index (Phi) is 3.29. The van der Waals surface area contributed by atoms with Gasteiger partial charge in [-0.3, -0.25) is 4.90 Å². The highest BCUT2D eigenvalue weighted by Crippen LogP contribution is 2.29. The van der Waals surface area contributed by atoms with Gasteiger partial charge in [0.25, 0.3) is 0 Å². The second-order valence-electron chi connectivity index (χ2n) is 6.18. The Hall–Kier alpha value is -1.02. The molecule has 1 aromatic carbocycles. The van der Waals surface area contributed by atoms with Crippen LogP contribution >= 0.6 is 0 Å². The average Bonchev–Trinajstić information content (AvgIpc) is 2.88. The Bertz CT molecular complexity index is 413. The minimum absolute atomic E-state index is 0.698. The van der Waals surface area contributed by atoms with E-state index in [1.54, 1.807) is 0 Å². The van der Waals surface area contributed by atoms with E-state index in [4.69, 9.17) is 0 Å². The first-order valence-corrected chi connectivity index (χ1v) is 7.30. The number of anilines is 1. The summed E-state index contributed by atoms with van der Waals surface area (Å²) >= 11 is 0. The largest absolute Gasteiger partial charge is 0.383 e. The molecule has 0 aliphatic carbocycles. The van der Waals surface area contributed by atoms with Gasteiger partial charge in [0.2, 0.25) is 0 Å². The number of para-hydroxylation sites is 1. The molecule has 18 heavy (non-hydrogen) atoms. The van der Waals surface area contributed by atoms with E-state index in [9.17, 15) is 0 Å². The molecule has 2 heterocycles. The lowest BCUT2D eigenvalue weighted by Gasteiger charge is -2.33. The summed E-state index contributed by atoms with van der Waals surface area (Å²) in [5, 5.41) is 3.59. The maximum Gasteiger partial charge on any atom is 0.0373 e. The average molecular weight is 244 g/mol. The number of fused-ring (bicyclic) bond motifs is 1. The topological polar surface area (TPSA) is 15.3 Å². The molecule has 98 valence electrons. The molecule has 1 fully saturated rings. The lowest BCUT2D eigenvalue weighted by Crippen LogP contribution is -2.42. The van der Waals surface area contributed by atoms with Crippen molar-refractivity contribution in [2.24, 2.45) is 11.8 Å². The number of hydrogen-bond donors (Lipinski definition) is 1. The van der Waals surface area contributed by atoms with Gasteiger partial charge < -0.3 is 5.32 Å². The van der Waals surface area contributed by atoms with Crippen molar-refractivity contribution in [1.29, 1.82) is 0 Å². The van der Waals surface area contributed by atoms with E-state index >= 15 is 0 Å². The van der Waals surface area contributed by atoms with Gasteiger partial charge in [-0.05, 0) is 42.9 Å². The van der Waals surface area contributed by atoms with Crippen LogP contribution in [0.2, 0.25) is 0 Å². The Morgan fingerprint density at radius 2 is 2.11 bits per heavy atom. The van der Waals surface area contributed by atoms with E-state index in [0.29, 0.717) is 6.04 Å². The Balaban J connectivity index is 1.66. The lowest BCUT2D eigenvalue weighted by atomic mass is 9.95. The van der Waals surface area contributed by atoms with Gasteiger partial charge in [-0.2, -0.15) is 0 Å². The summed E-state index contributed by atoms with van der Waals surface area (Å²) in [7, 11) is 0. The van der Waals surface area contributed by atoms with Crippen LogP contribution in [0.15, 0.2) is 24.3 Å². The predicted molar refractivity (Wildman–Crippen MR) is 76.9 cm³/mol. The zero-order chi connectivity index (χ0) is 12.5. The van der Waals surface area contributed by atoms with Crippen molar-refractivity contribution in [1.82, 2.24) is 4.90 Å². The molecule has 0 bridgehead atoms. The van der Waals surface area contributed by atoms with E-state index in [1.807, 2.05) is 0 Å². The summed E-state index contributed by atoms with van der Waals surface area (Å²) in [5.74, 6) is 1.74. The van der Waals surface area contributed by atoms with Gasteiger partial charge in [0.15, 0.2) is 0 Å². The van der Waals surface area contributed by atoms with E-state index in [-0.39, 0.29) is 0 Å². The van der Waals surface area contributed by atoms with Gasteiger partial charge >= 0.3 is 0 Å². The molecule has 3 rings (SSSR count). The summed E-state index contributed by atoms with van der Waals surface area (Å²) in [4.78, 5) is 2.70. The monoisotopic (exact) mass is 244 g/mol.